The van der Waals surface area contributed by atoms with Gasteiger partial charge in [-0.3, -0.25) is 14.6 Å². The number of hydrogen-bond acceptors (Lipinski definition) is 3. The van der Waals surface area contributed by atoms with Gasteiger partial charge >= 0.3 is 0 Å². The molecule has 1 aromatic carbocycles. The smallest absolute Gasteiger partial charge is 0.228 e. The number of nitrogens with zero attached hydrogens (tertiary/aromatic N) is 2. The molecule has 2 aliphatic heterocycles. The molecule has 3 heterocycles. The Bertz CT molecular complexity index is 783. The lowest BCUT2D eigenvalue weighted by molar-refractivity contribution is -0.132. The number of carbonyl (C=O) groups excluding carboxylic acids is 2. The summed E-state index contributed by atoms with van der Waals surface area (Å²) in [5.41, 5.74) is 1.79. The molecule has 2 amide bonds. The van der Waals surface area contributed by atoms with Crippen molar-refractivity contribution in [1.29, 1.82) is 0 Å². The summed E-state index contributed by atoms with van der Waals surface area (Å²) in [6.45, 7) is 1.35. The van der Waals surface area contributed by atoms with Gasteiger partial charge in [-0.1, -0.05) is 36.4 Å². The van der Waals surface area contributed by atoms with Gasteiger partial charge in [-0.2, -0.15) is 0 Å². The summed E-state index contributed by atoms with van der Waals surface area (Å²) in [7, 11) is 0. The van der Waals surface area contributed by atoms with Crippen LogP contribution in [0.25, 0.3) is 0 Å². The molecular weight excluding hydrogens is 326 g/mol. The molecule has 1 aromatic heterocycles. The first-order chi connectivity index (χ1) is 12.7. The second-order valence-electron chi connectivity index (χ2n) is 7.25. The molecule has 2 saturated heterocycles. The fraction of sp³-hybridized carbons (Fsp3) is 0.381. The van der Waals surface area contributed by atoms with Crippen LogP contribution in [0.1, 0.15) is 36.4 Å². The van der Waals surface area contributed by atoms with Crippen LogP contribution in [0.15, 0.2) is 54.7 Å². The molecule has 5 heteroatoms. The van der Waals surface area contributed by atoms with Gasteiger partial charge in [0.05, 0.1) is 12.0 Å². The van der Waals surface area contributed by atoms with Crippen molar-refractivity contribution in [2.45, 2.75) is 37.1 Å². The van der Waals surface area contributed by atoms with Gasteiger partial charge in [0.15, 0.2) is 0 Å². The van der Waals surface area contributed by atoms with E-state index in [9.17, 15) is 9.59 Å². The number of piperidine rings is 1. The van der Waals surface area contributed by atoms with E-state index in [1.807, 2.05) is 41.3 Å². The van der Waals surface area contributed by atoms with E-state index >= 15 is 0 Å². The molecule has 0 radical (unpaired) electrons. The van der Waals surface area contributed by atoms with E-state index in [2.05, 4.69) is 22.4 Å². The van der Waals surface area contributed by atoms with E-state index in [-0.39, 0.29) is 23.3 Å². The summed E-state index contributed by atoms with van der Waals surface area (Å²) in [6.07, 6.45) is 4.18. The average Bonchev–Trinajstić information content (AvgIpc) is 2.99. The molecule has 0 aliphatic carbocycles. The molecule has 5 nitrogen and oxygen atoms in total. The van der Waals surface area contributed by atoms with Crippen molar-refractivity contribution >= 4 is 11.8 Å². The van der Waals surface area contributed by atoms with Crippen molar-refractivity contribution in [2.24, 2.45) is 0 Å². The van der Waals surface area contributed by atoms with Crippen LogP contribution in [0.3, 0.4) is 0 Å². The molecule has 1 spiro atoms. The second-order valence-corrected chi connectivity index (χ2v) is 7.25. The Morgan fingerprint density at radius 2 is 1.85 bits per heavy atom. The Hall–Kier alpha value is -2.69. The highest BCUT2D eigenvalue weighted by Gasteiger charge is 2.49. The highest BCUT2D eigenvalue weighted by atomic mass is 16.2. The van der Waals surface area contributed by atoms with E-state index in [1.54, 1.807) is 6.20 Å². The van der Waals surface area contributed by atoms with Crippen molar-refractivity contribution in [2.75, 3.05) is 13.1 Å². The maximum absolute atomic E-state index is 12.6. The summed E-state index contributed by atoms with van der Waals surface area (Å²) in [4.78, 5) is 30.9. The largest absolute Gasteiger partial charge is 0.350 e. The maximum Gasteiger partial charge on any atom is 0.228 e. The first-order valence-corrected chi connectivity index (χ1v) is 9.20. The van der Waals surface area contributed by atoms with E-state index in [0.717, 1.165) is 18.5 Å². The van der Waals surface area contributed by atoms with Crippen LogP contribution in [0.4, 0.5) is 0 Å². The summed E-state index contributed by atoms with van der Waals surface area (Å²) in [6, 6.07) is 15.9. The molecule has 0 bridgehead atoms. The summed E-state index contributed by atoms with van der Waals surface area (Å²) >= 11 is 0. The Morgan fingerprint density at radius 3 is 2.54 bits per heavy atom. The minimum atomic E-state index is -0.222. The van der Waals surface area contributed by atoms with Gasteiger partial charge in [0.25, 0.3) is 0 Å². The molecule has 4 rings (SSSR count). The van der Waals surface area contributed by atoms with Crippen LogP contribution in [0.5, 0.6) is 0 Å². The number of amides is 2. The Morgan fingerprint density at radius 1 is 1.12 bits per heavy atom. The number of carbonyl (C=O) groups is 2. The Balaban J connectivity index is 1.45. The number of likely N-dealkylation sites (tertiary alicyclic amines) is 1. The van der Waals surface area contributed by atoms with Gasteiger partial charge in [0.1, 0.15) is 0 Å². The van der Waals surface area contributed by atoms with Crippen LogP contribution in [0.2, 0.25) is 0 Å². The van der Waals surface area contributed by atoms with Gasteiger partial charge in [0, 0.05) is 37.3 Å². The summed E-state index contributed by atoms with van der Waals surface area (Å²) < 4.78 is 0. The quantitative estimate of drug-likeness (QED) is 0.925. The Labute approximate surface area is 153 Å². The second kappa shape index (κ2) is 6.90. The van der Waals surface area contributed by atoms with Gasteiger partial charge in [-0.05, 0) is 30.5 Å². The number of benzene rings is 1. The van der Waals surface area contributed by atoms with Gasteiger partial charge in [0.2, 0.25) is 11.8 Å². The normalized spacial score (nSPS) is 21.6. The first kappa shape index (κ1) is 16.8. The third kappa shape index (κ3) is 3.21. The lowest BCUT2D eigenvalue weighted by Crippen LogP contribution is -2.54. The third-order valence-corrected chi connectivity index (χ3v) is 5.71. The number of hydrogen-bond donors (Lipinski definition) is 1. The molecule has 1 N–H and O–H groups in total. The Kier molecular flexibility index (Phi) is 4.45. The molecule has 1 atom stereocenters. The highest BCUT2D eigenvalue weighted by Crippen LogP contribution is 2.43. The third-order valence-electron chi connectivity index (χ3n) is 5.71. The van der Waals surface area contributed by atoms with Crippen LogP contribution in [-0.2, 0) is 16.0 Å². The van der Waals surface area contributed by atoms with Crippen molar-refractivity contribution in [3.05, 3.63) is 66.0 Å². The standard InChI is InChI=1S/C21H23N3O2/c25-19-15-18(16-6-2-1-3-7-16)21(23-19)9-12-24(13-10-21)20(26)14-17-8-4-5-11-22-17/h1-8,11,18H,9-10,12-15H2,(H,23,25). The van der Waals surface area contributed by atoms with Crippen molar-refractivity contribution < 1.29 is 9.59 Å². The lowest BCUT2D eigenvalue weighted by atomic mass is 9.74. The van der Waals surface area contributed by atoms with Crippen LogP contribution in [0, 0.1) is 0 Å². The minimum Gasteiger partial charge on any atom is -0.350 e. The monoisotopic (exact) mass is 349 g/mol. The van der Waals surface area contributed by atoms with E-state index in [4.69, 9.17) is 0 Å². The molecule has 26 heavy (non-hydrogen) atoms. The van der Waals surface area contributed by atoms with Gasteiger partial charge in [-0.15, -0.1) is 0 Å². The van der Waals surface area contributed by atoms with E-state index < -0.39 is 0 Å². The molecule has 2 fully saturated rings. The summed E-state index contributed by atoms with van der Waals surface area (Å²) in [5, 5.41) is 3.24. The highest BCUT2D eigenvalue weighted by molar-refractivity contribution is 5.82. The van der Waals surface area contributed by atoms with Crippen LogP contribution < -0.4 is 5.32 Å². The molecule has 134 valence electrons. The zero-order valence-electron chi connectivity index (χ0n) is 14.7. The maximum atomic E-state index is 12.6. The van der Waals surface area contributed by atoms with Crippen molar-refractivity contribution in [3.8, 4) is 0 Å². The molecule has 1 unspecified atom stereocenters. The number of aromatic nitrogens is 1. The van der Waals surface area contributed by atoms with Gasteiger partial charge < -0.3 is 10.2 Å². The molecule has 2 aromatic rings. The van der Waals surface area contributed by atoms with Crippen LogP contribution >= 0.6 is 0 Å². The zero-order chi connectivity index (χ0) is 18.0. The topological polar surface area (TPSA) is 62.3 Å². The van der Waals surface area contributed by atoms with Crippen molar-refractivity contribution in [3.63, 3.8) is 0 Å². The number of pyridine rings is 1. The molecule has 0 saturated carbocycles. The fourth-order valence-corrected chi connectivity index (χ4v) is 4.32. The van der Waals surface area contributed by atoms with E-state index in [1.165, 1.54) is 5.56 Å². The fourth-order valence-electron chi connectivity index (χ4n) is 4.32. The average molecular weight is 349 g/mol. The predicted molar refractivity (Wildman–Crippen MR) is 98.4 cm³/mol. The van der Waals surface area contributed by atoms with Crippen LogP contribution in [-0.4, -0.2) is 40.3 Å². The molecule has 2 aliphatic rings. The minimum absolute atomic E-state index is 0.110. The van der Waals surface area contributed by atoms with Crippen molar-refractivity contribution in [1.82, 2.24) is 15.2 Å². The first-order valence-electron chi connectivity index (χ1n) is 9.20. The lowest BCUT2D eigenvalue weighted by Gasteiger charge is -2.43. The SMILES string of the molecule is O=C1CC(c2ccccc2)C2(CCN(C(=O)Cc3ccccn3)CC2)N1. The number of nitrogens with one attached hydrogen (secondary N) is 1. The zero-order valence-corrected chi connectivity index (χ0v) is 14.7. The predicted octanol–water partition coefficient (Wildman–Crippen LogP) is 2.29. The summed E-state index contributed by atoms with van der Waals surface area (Å²) in [5.74, 6) is 0.412. The van der Waals surface area contributed by atoms with Gasteiger partial charge in [-0.25, -0.2) is 0 Å². The number of rotatable bonds is 3. The van der Waals surface area contributed by atoms with E-state index in [0.29, 0.717) is 25.9 Å². The molecular formula is C21H23N3O2.